The van der Waals surface area contributed by atoms with Crippen molar-refractivity contribution in [2.24, 2.45) is 0 Å². The van der Waals surface area contributed by atoms with Gasteiger partial charge in [-0.2, -0.15) is 0 Å². The fraction of sp³-hybridized carbons (Fsp3) is 0.381. The van der Waals surface area contributed by atoms with Crippen molar-refractivity contribution in [3.8, 4) is 0 Å². The molecule has 2 rings (SSSR count). The number of carbonyl (C=O) groups is 1. The molecule has 0 bridgehead atoms. The minimum Gasteiger partial charge on any atom is -0.339 e. The number of hydrogen-bond acceptors (Lipinski definition) is 3. The van der Waals surface area contributed by atoms with Crippen molar-refractivity contribution < 1.29 is 13.2 Å². The van der Waals surface area contributed by atoms with Crippen LogP contribution in [0.4, 0.5) is 5.69 Å². The van der Waals surface area contributed by atoms with E-state index in [1.54, 1.807) is 17.0 Å². The third kappa shape index (κ3) is 4.69. The first-order chi connectivity index (χ1) is 12.7. The SMILES string of the molecule is CCN(CC)C(=O)c1ccc(S(=O)(=O)Nc2c(C)cccc2C(C)C)cc1. The van der Waals surface area contributed by atoms with Gasteiger partial charge in [0, 0.05) is 18.7 Å². The van der Waals surface area contributed by atoms with E-state index in [2.05, 4.69) is 4.72 Å². The first-order valence-corrected chi connectivity index (χ1v) is 10.7. The smallest absolute Gasteiger partial charge is 0.261 e. The van der Waals surface area contributed by atoms with Crippen molar-refractivity contribution in [3.05, 3.63) is 59.2 Å². The molecule has 2 aromatic carbocycles. The summed E-state index contributed by atoms with van der Waals surface area (Å²) in [6, 6.07) is 11.8. The Hall–Kier alpha value is -2.34. The number of nitrogens with one attached hydrogen (secondary N) is 1. The van der Waals surface area contributed by atoms with Gasteiger partial charge in [0.05, 0.1) is 10.6 Å². The Morgan fingerprint density at radius 2 is 1.63 bits per heavy atom. The van der Waals surface area contributed by atoms with Crippen LogP contribution in [0.25, 0.3) is 0 Å². The second kappa shape index (κ2) is 8.57. The van der Waals surface area contributed by atoms with Gasteiger partial charge in [-0.25, -0.2) is 8.42 Å². The van der Waals surface area contributed by atoms with Crippen LogP contribution in [0.5, 0.6) is 0 Å². The van der Waals surface area contributed by atoms with Crippen molar-refractivity contribution in [2.75, 3.05) is 17.8 Å². The van der Waals surface area contributed by atoms with Gasteiger partial charge < -0.3 is 4.90 Å². The van der Waals surface area contributed by atoms with Gasteiger partial charge >= 0.3 is 0 Å². The molecule has 0 aliphatic heterocycles. The number of anilines is 1. The summed E-state index contributed by atoms with van der Waals surface area (Å²) in [5.41, 5.74) is 2.93. The number of hydrogen-bond donors (Lipinski definition) is 1. The first kappa shape index (κ1) is 21.0. The van der Waals surface area contributed by atoms with Crippen molar-refractivity contribution >= 4 is 21.6 Å². The van der Waals surface area contributed by atoms with Gasteiger partial charge in [-0.15, -0.1) is 0 Å². The van der Waals surface area contributed by atoms with E-state index in [1.165, 1.54) is 12.1 Å². The van der Waals surface area contributed by atoms with Gasteiger partial charge in [-0.05, 0) is 62.1 Å². The van der Waals surface area contributed by atoms with Crippen molar-refractivity contribution in [1.82, 2.24) is 4.90 Å². The summed E-state index contributed by atoms with van der Waals surface area (Å²) in [4.78, 5) is 14.2. The lowest BCUT2D eigenvalue weighted by atomic mass is 9.99. The number of carbonyl (C=O) groups excluding carboxylic acids is 1. The summed E-state index contributed by atoms with van der Waals surface area (Å²) in [6.07, 6.45) is 0. The lowest BCUT2D eigenvalue weighted by Gasteiger charge is -2.19. The molecular formula is C21H28N2O3S. The van der Waals surface area contributed by atoms with Crippen LogP contribution in [0.15, 0.2) is 47.4 Å². The molecule has 2 aromatic rings. The Morgan fingerprint density at radius 1 is 1.04 bits per heavy atom. The fourth-order valence-corrected chi connectivity index (χ4v) is 4.13. The minimum absolute atomic E-state index is 0.0992. The number of aryl methyl sites for hydroxylation is 1. The lowest BCUT2D eigenvalue weighted by Crippen LogP contribution is -2.30. The number of amides is 1. The van der Waals surface area contributed by atoms with E-state index in [-0.39, 0.29) is 16.7 Å². The predicted octanol–water partition coefficient (Wildman–Crippen LogP) is 4.40. The molecule has 0 saturated heterocycles. The number of para-hydroxylation sites is 1. The van der Waals surface area contributed by atoms with Crippen LogP contribution in [-0.4, -0.2) is 32.3 Å². The summed E-state index contributed by atoms with van der Waals surface area (Å²) in [7, 11) is -3.74. The maximum atomic E-state index is 12.8. The molecule has 0 saturated carbocycles. The number of sulfonamides is 1. The Morgan fingerprint density at radius 3 is 2.15 bits per heavy atom. The van der Waals surface area contributed by atoms with Crippen LogP contribution in [0.3, 0.4) is 0 Å². The third-order valence-corrected chi connectivity index (χ3v) is 5.99. The second-order valence-corrected chi connectivity index (χ2v) is 8.48. The van der Waals surface area contributed by atoms with Crippen LogP contribution in [0, 0.1) is 6.92 Å². The van der Waals surface area contributed by atoms with Gasteiger partial charge in [0.15, 0.2) is 0 Å². The van der Waals surface area contributed by atoms with E-state index in [0.717, 1.165) is 11.1 Å². The van der Waals surface area contributed by atoms with Crippen LogP contribution >= 0.6 is 0 Å². The normalized spacial score (nSPS) is 11.5. The van der Waals surface area contributed by atoms with Crippen LogP contribution in [0.1, 0.15) is 55.1 Å². The molecule has 0 unspecified atom stereocenters. The number of benzene rings is 2. The van der Waals surface area contributed by atoms with Crippen LogP contribution < -0.4 is 4.72 Å². The summed E-state index contributed by atoms with van der Waals surface area (Å²) in [6.45, 7) is 11.0. The average Bonchev–Trinajstić information content (AvgIpc) is 2.64. The summed E-state index contributed by atoms with van der Waals surface area (Å²) < 4.78 is 28.4. The average molecular weight is 389 g/mol. The van der Waals surface area contributed by atoms with Gasteiger partial charge in [0.1, 0.15) is 0 Å². The van der Waals surface area contributed by atoms with Crippen molar-refractivity contribution in [2.45, 2.75) is 45.4 Å². The van der Waals surface area contributed by atoms with E-state index in [4.69, 9.17) is 0 Å². The van der Waals surface area contributed by atoms with Gasteiger partial charge in [-0.3, -0.25) is 9.52 Å². The second-order valence-electron chi connectivity index (χ2n) is 6.80. The van der Waals surface area contributed by atoms with E-state index in [1.807, 2.05) is 52.8 Å². The Kier molecular flexibility index (Phi) is 6.65. The van der Waals surface area contributed by atoms with Crippen molar-refractivity contribution in [3.63, 3.8) is 0 Å². The van der Waals surface area contributed by atoms with Gasteiger partial charge in [0.2, 0.25) is 0 Å². The molecule has 0 atom stereocenters. The molecule has 0 heterocycles. The van der Waals surface area contributed by atoms with Crippen LogP contribution in [-0.2, 0) is 10.0 Å². The highest BCUT2D eigenvalue weighted by atomic mass is 32.2. The summed E-state index contributed by atoms with van der Waals surface area (Å²) in [5, 5.41) is 0. The summed E-state index contributed by atoms with van der Waals surface area (Å²) >= 11 is 0. The zero-order chi connectivity index (χ0) is 20.2. The van der Waals surface area contributed by atoms with Crippen molar-refractivity contribution in [1.29, 1.82) is 0 Å². The highest BCUT2D eigenvalue weighted by molar-refractivity contribution is 7.92. The lowest BCUT2D eigenvalue weighted by molar-refractivity contribution is 0.0773. The predicted molar refractivity (Wildman–Crippen MR) is 110 cm³/mol. The highest BCUT2D eigenvalue weighted by Crippen LogP contribution is 2.29. The zero-order valence-electron chi connectivity index (χ0n) is 16.6. The Balaban J connectivity index is 2.32. The van der Waals surface area contributed by atoms with Gasteiger partial charge in [0.25, 0.3) is 15.9 Å². The molecule has 6 heteroatoms. The molecule has 0 aromatic heterocycles. The molecule has 27 heavy (non-hydrogen) atoms. The Labute approximate surface area is 162 Å². The number of rotatable bonds is 7. The third-order valence-electron chi connectivity index (χ3n) is 4.63. The monoisotopic (exact) mass is 388 g/mol. The molecule has 1 N–H and O–H groups in total. The molecule has 0 aliphatic carbocycles. The molecule has 146 valence electrons. The Bertz CT molecular complexity index is 900. The van der Waals surface area contributed by atoms with E-state index in [0.29, 0.717) is 24.3 Å². The molecule has 5 nitrogen and oxygen atoms in total. The molecule has 0 spiro atoms. The molecule has 0 radical (unpaired) electrons. The molecule has 0 aliphatic rings. The van der Waals surface area contributed by atoms with E-state index < -0.39 is 10.0 Å². The van der Waals surface area contributed by atoms with E-state index in [9.17, 15) is 13.2 Å². The first-order valence-electron chi connectivity index (χ1n) is 9.22. The zero-order valence-corrected chi connectivity index (χ0v) is 17.4. The molecule has 0 fully saturated rings. The van der Waals surface area contributed by atoms with Crippen LogP contribution in [0.2, 0.25) is 0 Å². The summed E-state index contributed by atoms with van der Waals surface area (Å²) in [5.74, 6) is 0.0922. The van der Waals surface area contributed by atoms with Gasteiger partial charge in [-0.1, -0.05) is 32.0 Å². The maximum Gasteiger partial charge on any atom is 0.261 e. The maximum absolute atomic E-state index is 12.8. The topological polar surface area (TPSA) is 66.5 Å². The highest BCUT2D eigenvalue weighted by Gasteiger charge is 2.20. The quantitative estimate of drug-likeness (QED) is 0.764. The number of nitrogens with zero attached hydrogens (tertiary/aromatic N) is 1. The largest absolute Gasteiger partial charge is 0.339 e. The minimum atomic E-state index is -3.74. The molecule has 1 amide bonds. The standard InChI is InChI=1S/C21H28N2O3S/c1-6-23(7-2)21(24)17-11-13-18(14-12-17)27(25,26)22-20-16(5)9-8-10-19(20)15(3)4/h8-15,22H,6-7H2,1-5H3. The molecular weight excluding hydrogens is 360 g/mol. The fourth-order valence-electron chi connectivity index (χ4n) is 2.97. The van der Waals surface area contributed by atoms with E-state index >= 15 is 0 Å².